The molecule has 1 heterocycles. The molecule has 1 aliphatic rings. The van der Waals surface area contributed by atoms with Crippen LogP contribution in [-0.2, 0) is 0 Å². The monoisotopic (exact) mass is 154 g/mol. The number of rotatable bonds is 3. The van der Waals surface area contributed by atoms with Crippen LogP contribution < -0.4 is 0 Å². The zero-order valence-electron chi connectivity index (χ0n) is 8.01. The molecule has 1 aliphatic heterocycles. The highest BCUT2D eigenvalue weighted by Gasteiger charge is 2.29. The van der Waals surface area contributed by atoms with Crippen molar-refractivity contribution < 1.29 is 0 Å². The summed E-state index contributed by atoms with van der Waals surface area (Å²) in [5, 5.41) is 0. The number of unbranched alkanes of at least 4 members (excludes halogenated alkanes) is 1. The number of hydrogen-bond donors (Lipinski definition) is 0. The molecule has 2 nitrogen and oxygen atoms in total. The molecule has 0 aromatic carbocycles. The van der Waals surface area contributed by atoms with Gasteiger partial charge in [-0.15, -0.1) is 0 Å². The molecule has 0 amide bonds. The molecule has 0 bridgehead atoms. The molecule has 64 valence electrons. The molecule has 3 heteroatoms. The summed E-state index contributed by atoms with van der Waals surface area (Å²) in [6.07, 6.45) is 4.01. The minimum atomic E-state index is 0.718. The summed E-state index contributed by atoms with van der Waals surface area (Å²) in [5.74, 6) is 0. The second-order valence-corrected chi connectivity index (χ2v) is 3.58. The Morgan fingerprint density at radius 3 is 2.18 bits per heavy atom. The molecule has 0 atom stereocenters. The van der Waals surface area contributed by atoms with Crippen LogP contribution in [0.3, 0.4) is 0 Å². The van der Waals surface area contributed by atoms with Crippen LogP contribution in [0.4, 0.5) is 0 Å². The van der Waals surface area contributed by atoms with Crippen molar-refractivity contribution in [1.29, 1.82) is 0 Å². The second-order valence-electron chi connectivity index (χ2n) is 3.58. The molecule has 0 spiro atoms. The summed E-state index contributed by atoms with van der Waals surface area (Å²) in [6, 6.07) is 0. The summed E-state index contributed by atoms with van der Waals surface area (Å²) in [5.41, 5.74) is 0. The van der Waals surface area contributed by atoms with Gasteiger partial charge in [0.2, 0.25) is 0 Å². The second kappa shape index (κ2) is 4.12. The Kier molecular flexibility index (Phi) is 3.40. The largest absolute Gasteiger partial charge is 0.330 e. The zero-order chi connectivity index (χ0) is 8.27. The van der Waals surface area contributed by atoms with Gasteiger partial charge in [-0.3, -0.25) is 0 Å². The van der Waals surface area contributed by atoms with Crippen molar-refractivity contribution in [3.8, 4) is 0 Å². The quantitative estimate of drug-likeness (QED) is 0.562. The highest BCUT2D eigenvalue weighted by molar-refractivity contribution is 6.53. The number of hydrogen-bond acceptors (Lipinski definition) is 2. The van der Waals surface area contributed by atoms with Crippen molar-refractivity contribution in [2.24, 2.45) is 0 Å². The lowest BCUT2D eigenvalue weighted by Crippen LogP contribution is -2.39. The standard InChI is InChI=1S/C8H19BN2/c1-4-5-6-9-10(2)7-8-11(9)3/h4-8H2,1-3H3. The molecule has 0 radical (unpaired) electrons. The van der Waals surface area contributed by atoms with E-state index >= 15 is 0 Å². The topological polar surface area (TPSA) is 6.48 Å². The lowest BCUT2D eigenvalue weighted by Gasteiger charge is -2.19. The van der Waals surface area contributed by atoms with E-state index in [0.29, 0.717) is 0 Å². The fourth-order valence-electron chi connectivity index (χ4n) is 1.78. The molecule has 0 N–H and O–H groups in total. The minimum Gasteiger partial charge on any atom is -0.330 e. The molecule has 1 rings (SSSR count). The van der Waals surface area contributed by atoms with Crippen LogP contribution in [0.15, 0.2) is 0 Å². The van der Waals surface area contributed by atoms with E-state index in [4.69, 9.17) is 0 Å². The Balaban J connectivity index is 2.29. The first-order valence-corrected chi connectivity index (χ1v) is 4.66. The number of likely N-dealkylation sites (N-methyl/N-ethyl adjacent to an activating group) is 2. The van der Waals surface area contributed by atoms with Crippen molar-refractivity contribution >= 4 is 6.98 Å². The Morgan fingerprint density at radius 2 is 1.73 bits per heavy atom. The van der Waals surface area contributed by atoms with Gasteiger partial charge in [-0.2, -0.15) is 0 Å². The van der Waals surface area contributed by atoms with Gasteiger partial charge in [-0.25, -0.2) is 0 Å². The van der Waals surface area contributed by atoms with Crippen LogP contribution in [0.25, 0.3) is 0 Å². The third kappa shape index (κ3) is 2.21. The van der Waals surface area contributed by atoms with E-state index < -0.39 is 0 Å². The van der Waals surface area contributed by atoms with Crippen LogP contribution in [-0.4, -0.2) is 43.8 Å². The lowest BCUT2D eigenvalue weighted by atomic mass is 9.69. The van der Waals surface area contributed by atoms with Crippen LogP contribution in [0.5, 0.6) is 0 Å². The van der Waals surface area contributed by atoms with Gasteiger partial charge < -0.3 is 9.62 Å². The van der Waals surface area contributed by atoms with Gasteiger partial charge in [0.15, 0.2) is 0 Å². The van der Waals surface area contributed by atoms with Gasteiger partial charge in [0.25, 0.3) is 0 Å². The Bertz CT molecular complexity index is 109. The molecule has 0 aliphatic carbocycles. The number of nitrogens with zero attached hydrogens (tertiary/aromatic N) is 2. The molecular weight excluding hydrogens is 135 g/mol. The van der Waals surface area contributed by atoms with Gasteiger partial charge in [-0.1, -0.05) is 19.8 Å². The van der Waals surface area contributed by atoms with Gasteiger partial charge in [0.1, 0.15) is 0 Å². The first kappa shape index (κ1) is 9.08. The summed E-state index contributed by atoms with van der Waals surface area (Å²) >= 11 is 0. The first-order valence-electron chi connectivity index (χ1n) is 4.66. The molecule has 0 aromatic heterocycles. The van der Waals surface area contributed by atoms with Crippen LogP contribution in [0, 0.1) is 0 Å². The average Bonchev–Trinajstić information content (AvgIpc) is 2.29. The summed E-state index contributed by atoms with van der Waals surface area (Å²) in [4.78, 5) is 4.91. The fraction of sp³-hybridized carbons (Fsp3) is 1.00. The minimum absolute atomic E-state index is 0.718. The average molecular weight is 154 g/mol. The first-order chi connectivity index (χ1) is 5.25. The Hall–Kier alpha value is -0.0151. The van der Waals surface area contributed by atoms with E-state index in [9.17, 15) is 0 Å². The highest BCUT2D eigenvalue weighted by Crippen LogP contribution is 2.12. The van der Waals surface area contributed by atoms with Crippen molar-refractivity contribution in [3.05, 3.63) is 0 Å². The van der Waals surface area contributed by atoms with Crippen LogP contribution in [0.1, 0.15) is 19.8 Å². The van der Waals surface area contributed by atoms with Gasteiger partial charge in [-0.05, 0) is 20.4 Å². The van der Waals surface area contributed by atoms with Crippen LogP contribution in [0.2, 0.25) is 6.32 Å². The molecule has 1 saturated heterocycles. The van der Waals surface area contributed by atoms with Crippen molar-refractivity contribution in [3.63, 3.8) is 0 Å². The van der Waals surface area contributed by atoms with E-state index in [1.54, 1.807) is 0 Å². The van der Waals surface area contributed by atoms with E-state index in [1.807, 2.05) is 0 Å². The molecule has 0 unspecified atom stereocenters. The SMILES string of the molecule is CCCCB1N(C)CCN1C. The van der Waals surface area contributed by atoms with E-state index in [0.717, 1.165) is 6.98 Å². The normalized spacial score (nSPS) is 21.5. The third-order valence-corrected chi connectivity index (χ3v) is 2.64. The Labute approximate surface area is 70.7 Å². The summed E-state index contributed by atoms with van der Waals surface area (Å²) < 4.78 is 0. The van der Waals surface area contributed by atoms with Gasteiger partial charge >= 0.3 is 6.98 Å². The maximum Gasteiger partial charge on any atom is 0.310 e. The van der Waals surface area contributed by atoms with Crippen molar-refractivity contribution in [2.75, 3.05) is 27.2 Å². The molecule has 0 saturated carbocycles. The summed E-state index contributed by atoms with van der Waals surface area (Å²) in [6.45, 7) is 5.46. The lowest BCUT2D eigenvalue weighted by molar-refractivity contribution is 0.553. The smallest absolute Gasteiger partial charge is 0.310 e. The molecular formula is C8H19BN2. The van der Waals surface area contributed by atoms with Crippen LogP contribution >= 0.6 is 0 Å². The predicted molar refractivity (Wildman–Crippen MR) is 50.7 cm³/mol. The van der Waals surface area contributed by atoms with E-state index in [2.05, 4.69) is 30.6 Å². The van der Waals surface area contributed by atoms with Crippen molar-refractivity contribution in [2.45, 2.75) is 26.1 Å². The third-order valence-electron chi connectivity index (χ3n) is 2.64. The fourth-order valence-corrected chi connectivity index (χ4v) is 1.78. The maximum absolute atomic E-state index is 2.45. The van der Waals surface area contributed by atoms with E-state index in [-0.39, 0.29) is 0 Å². The van der Waals surface area contributed by atoms with Gasteiger partial charge in [0.05, 0.1) is 0 Å². The van der Waals surface area contributed by atoms with Crippen molar-refractivity contribution in [1.82, 2.24) is 9.62 Å². The summed E-state index contributed by atoms with van der Waals surface area (Å²) in [7, 11) is 4.45. The molecule has 1 fully saturated rings. The zero-order valence-corrected chi connectivity index (χ0v) is 8.01. The highest BCUT2D eigenvalue weighted by atomic mass is 15.3. The molecule has 11 heavy (non-hydrogen) atoms. The maximum atomic E-state index is 2.45. The van der Waals surface area contributed by atoms with Gasteiger partial charge in [0, 0.05) is 13.1 Å². The predicted octanol–water partition coefficient (Wildman–Crippen LogP) is 1.15. The van der Waals surface area contributed by atoms with E-state index in [1.165, 1.54) is 32.3 Å². The molecule has 0 aromatic rings. The Morgan fingerprint density at radius 1 is 1.18 bits per heavy atom.